The molecule has 0 saturated carbocycles. The van der Waals surface area contributed by atoms with Gasteiger partial charge in [0, 0.05) is 11.1 Å². The molecule has 0 radical (unpaired) electrons. The number of nitrogens with zero attached hydrogens (tertiary/aromatic N) is 3. The fourth-order valence-corrected chi connectivity index (χ4v) is 2.19. The first-order chi connectivity index (χ1) is 8.06. The van der Waals surface area contributed by atoms with Crippen molar-refractivity contribution in [3.63, 3.8) is 0 Å². The minimum atomic E-state index is 0.0292. The van der Waals surface area contributed by atoms with Crippen LogP contribution in [0.25, 0.3) is 5.70 Å². The predicted molar refractivity (Wildman–Crippen MR) is 77.3 cm³/mol. The zero-order valence-electron chi connectivity index (χ0n) is 12.9. The Kier molecular flexibility index (Phi) is 4.04. The van der Waals surface area contributed by atoms with Crippen LogP contribution in [0.4, 0.5) is 0 Å². The van der Waals surface area contributed by atoms with E-state index in [0.717, 1.165) is 17.8 Å². The highest BCUT2D eigenvalue weighted by molar-refractivity contribution is 5.36. The molecule has 0 aliphatic heterocycles. The van der Waals surface area contributed by atoms with E-state index in [1.807, 2.05) is 13.1 Å². The van der Waals surface area contributed by atoms with Crippen LogP contribution in [-0.4, -0.2) is 15.0 Å². The monoisotopic (exact) mass is 249 g/mol. The largest absolute Gasteiger partial charge is 0.225 e. The SMILES string of the molecule is C=C(C)n1cc(C(C)(C)CC(C)(C)C(C)C)nn1. The Morgan fingerprint density at radius 1 is 1.33 bits per heavy atom. The molecule has 0 spiro atoms. The van der Waals surface area contributed by atoms with Crippen molar-refractivity contribution in [2.24, 2.45) is 11.3 Å². The molecular weight excluding hydrogens is 222 g/mol. The van der Waals surface area contributed by atoms with Gasteiger partial charge in [-0.1, -0.05) is 53.3 Å². The molecule has 0 aliphatic carbocycles. The summed E-state index contributed by atoms with van der Waals surface area (Å²) < 4.78 is 1.75. The maximum atomic E-state index is 4.30. The van der Waals surface area contributed by atoms with Crippen LogP contribution >= 0.6 is 0 Å². The summed E-state index contributed by atoms with van der Waals surface area (Å²) in [6, 6.07) is 0. The first-order valence-electron chi connectivity index (χ1n) is 6.65. The molecule has 0 fully saturated rings. The van der Waals surface area contributed by atoms with Gasteiger partial charge in [-0.2, -0.15) is 0 Å². The van der Waals surface area contributed by atoms with Crippen molar-refractivity contribution in [3.05, 3.63) is 18.5 Å². The van der Waals surface area contributed by atoms with Crippen molar-refractivity contribution in [1.29, 1.82) is 0 Å². The molecule has 0 saturated heterocycles. The van der Waals surface area contributed by atoms with E-state index in [4.69, 9.17) is 0 Å². The zero-order valence-corrected chi connectivity index (χ0v) is 12.9. The van der Waals surface area contributed by atoms with Crippen molar-refractivity contribution in [2.45, 2.75) is 60.3 Å². The second-order valence-corrected chi connectivity index (χ2v) is 6.99. The minimum absolute atomic E-state index is 0.0292. The molecule has 3 heteroatoms. The number of aromatic nitrogens is 3. The fraction of sp³-hybridized carbons (Fsp3) is 0.733. The summed E-state index contributed by atoms with van der Waals surface area (Å²) in [5.74, 6) is 0.646. The lowest BCUT2D eigenvalue weighted by Gasteiger charge is -2.36. The van der Waals surface area contributed by atoms with Gasteiger partial charge >= 0.3 is 0 Å². The van der Waals surface area contributed by atoms with Crippen molar-refractivity contribution in [1.82, 2.24) is 15.0 Å². The highest BCUT2D eigenvalue weighted by atomic mass is 15.4. The van der Waals surface area contributed by atoms with Gasteiger partial charge in [0.15, 0.2) is 0 Å². The smallest absolute Gasteiger partial charge is 0.0887 e. The first-order valence-corrected chi connectivity index (χ1v) is 6.65. The van der Waals surface area contributed by atoms with Crippen LogP contribution in [0.5, 0.6) is 0 Å². The van der Waals surface area contributed by atoms with Crippen molar-refractivity contribution in [3.8, 4) is 0 Å². The predicted octanol–water partition coefficient (Wildman–Crippen LogP) is 4.12. The highest BCUT2D eigenvalue weighted by Crippen LogP contribution is 2.40. The van der Waals surface area contributed by atoms with Gasteiger partial charge in [0.05, 0.1) is 11.9 Å². The lowest BCUT2D eigenvalue weighted by atomic mass is 9.68. The Labute approximate surface area is 111 Å². The van der Waals surface area contributed by atoms with Gasteiger partial charge in [-0.3, -0.25) is 0 Å². The topological polar surface area (TPSA) is 30.7 Å². The van der Waals surface area contributed by atoms with Crippen molar-refractivity contribution < 1.29 is 0 Å². The number of rotatable bonds is 5. The Balaban J connectivity index is 2.95. The maximum absolute atomic E-state index is 4.30. The molecule has 0 amide bonds. The van der Waals surface area contributed by atoms with Crippen LogP contribution in [0.1, 0.15) is 60.6 Å². The van der Waals surface area contributed by atoms with Crippen molar-refractivity contribution >= 4 is 5.70 Å². The summed E-state index contributed by atoms with van der Waals surface area (Å²) in [5, 5.41) is 8.43. The molecule has 1 aromatic rings. The van der Waals surface area contributed by atoms with Gasteiger partial charge < -0.3 is 0 Å². The molecule has 3 nitrogen and oxygen atoms in total. The molecule has 1 heterocycles. The molecule has 0 unspecified atom stereocenters. The average molecular weight is 249 g/mol. The number of allylic oxidation sites excluding steroid dienone is 1. The van der Waals surface area contributed by atoms with Crippen LogP contribution < -0.4 is 0 Å². The van der Waals surface area contributed by atoms with Gasteiger partial charge in [-0.05, 0) is 24.7 Å². The van der Waals surface area contributed by atoms with Crippen LogP contribution in [0, 0.1) is 11.3 Å². The fourth-order valence-electron chi connectivity index (χ4n) is 2.19. The molecule has 102 valence electrons. The van der Waals surface area contributed by atoms with E-state index in [-0.39, 0.29) is 10.8 Å². The van der Waals surface area contributed by atoms with Gasteiger partial charge in [0.2, 0.25) is 0 Å². The zero-order chi connectivity index (χ0) is 14.1. The molecule has 1 rings (SSSR count). The van der Waals surface area contributed by atoms with E-state index < -0.39 is 0 Å². The summed E-state index contributed by atoms with van der Waals surface area (Å²) in [5.41, 5.74) is 2.25. The van der Waals surface area contributed by atoms with E-state index in [9.17, 15) is 0 Å². The lowest BCUT2D eigenvalue weighted by Crippen LogP contribution is -2.30. The third-order valence-electron chi connectivity index (χ3n) is 4.04. The Morgan fingerprint density at radius 2 is 1.89 bits per heavy atom. The van der Waals surface area contributed by atoms with Crippen LogP contribution in [0.3, 0.4) is 0 Å². The lowest BCUT2D eigenvalue weighted by molar-refractivity contribution is 0.179. The molecule has 0 N–H and O–H groups in total. The number of hydrogen-bond acceptors (Lipinski definition) is 2. The van der Waals surface area contributed by atoms with Crippen LogP contribution in [0.2, 0.25) is 0 Å². The minimum Gasteiger partial charge on any atom is -0.225 e. The Bertz CT molecular complexity index is 425. The average Bonchev–Trinajstić information content (AvgIpc) is 2.64. The summed E-state index contributed by atoms with van der Waals surface area (Å²) >= 11 is 0. The van der Waals surface area contributed by atoms with E-state index in [1.165, 1.54) is 0 Å². The molecule has 0 aromatic carbocycles. The molecule has 1 aromatic heterocycles. The van der Waals surface area contributed by atoms with Crippen molar-refractivity contribution in [2.75, 3.05) is 0 Å². The molecule has 0 atom stereocenters. The third-order valence-corrected chi connectivity index (χ3v) is 4.04. The van der Waals surface area contributed by atoms with Gasteiger partial charge in [0.1, 0.15) is 0 Å². The summed E-state index contributed by atoms with van der Waals surface area (Å²) in [6.45, 7) is 19.5. The summed E-state index contributed by atoms with van der Waals surface area (Å²) in [7, 11) is 0. The normalized spacial score (nSPS) is 13.1. The van der Waals surface area contributed by atoms with E-state index >= 15 is 0 Å². The molecular formula is C15H27N3. The second kappa shape index (κ2) is 4.87. The standard InChI is InChI=1S/C15H27N3/c1-11(2)14(5,6)10-15(7,8)13-9-18(12(3)4)17-16-13/h9,11H,3,10H2,1-2,4-8H3. The highest BCUT2D eigenvalue weighted by Gasteiger charge is 2.34. The van der Waals surface area contributed by atoms with Crippen LogP contribution in [-0.2, 0) is 5.41 Å². The van der Waals surface area contributed by atoms with Gasteiger partial charge in [-0.15, -0.1) is 5.10 Å². The van der Waals surface area contributed by atoms with E-state index in [2.05, 4.69) is 58.4 Å². The Morgan fingerprint density at radius 3 is 2.28 bits per heavy atom. The van der Waals surface area contributed by atoms with Crippen LogP contribution in [0.15, 0.2) is 12.8 Å². The summed E-state index contributed by atoms with van der Waals surface area (Å²) in [4.78, 5) is 0. The Hall–Kier alpha value is -1.12. The molecule has 18 heavy (non-hydrogen) atoms. The quantitative estimate of drug-likeness (QED) is 0.786. The third kappa shape index (κ3) is 3.21. The number of hydrogen-bond donors (Lipinski definition) is 0. The maximum Gasteiger partial charge on any atom is 0.0887 e. The second-order valence-electron chi connectivity index (χ2n) is 6.99. The summed E-state index contributed by atoms with van der Waals surface area (Å²) in [6.07, 6.45) is 3.09. The van der Waals surface area contributed by atoms with E-state index in [1.54, 1.807) is 4.68 Å². The van der Waals surface area contributed by atoms with Gasteiger partial charge in [0.25, 0.3) is 0 Å². The van der Waals surface area contributed by atoms with Gasteiger partial charge in [-0.25, -0.2) is 4.68 Å². The first kappa shape index (κ1) is 14.9. The van der Waals surface area contributed by atoms with E-state index in [0.29, 0.717) is 5.92 Å². The molecule has 0 aliphatic rings. The molecule has 0 bridgehead atoms.